The van der Waals surface area contributed by atoms with Crippen molar-refractivity contribution in [2.45, 2.75) is 5.75 Å². The van der Waals surface area contributed by atoms with Gasteiger partial charge in [-0.25, -0.2) is 8.60 Å². The Morgan fingerprint density at radius 1 is 0.969 bits per heavy atom. The predicted molar refractivity (Wildman–Crippen MR) is 120 cm³/mol. The second-order valence-electron chi connectivity index (χ2n) is 6.98. The number of rotatable bonds is 5. The highest BCUT2D eigenvalue weighted by Crippen LogP contribution is 2.29. The summed E-state index contributed by atoms with van der Waals surface area (Å²) >= 11 is -1.96. The monoisotopic (exact) mass is 445 g/mol. The third kappa shape index (κ3) is 4.39. The maximum Gasteiger partial charge on any atom is 0.279 e. The Labute approximate surface area is 185 Å². The van der Waals surface area contributed by atoms with Gasteiger partial charge in [0.25, 0.3) is 5.56 Å². The van der Waals surface area contributed by atoms with Crippen molar-refractivity contribution in [1.29, 1.82) is 5.26 Å². The van der Waals surface area contributed by atoms with Gasteiger partial charge in [0.1, 0.15) is 5.82 Å². The first-order chi connectivity index (χ1) is 15.5. The van der Waals surface area contributed by atoms with E-state index in [0.717, 1.165) is 0 Å². The summed E-state index contributed by atoms with van der Waals surface area (Å²) in [6, 6.07) is 21.0. The standard InChI is InChI=1S/C24H16FN3O3S/c25-20-9-7-19(8-10-20)23-22(18-5-1-17(2-6-18)15-32(30)31)14-27-28(24(23)29)21-11-3-16(13-26)4-12-21/h1-12,14H,15H2,(H,30,31). The molecule has 0 radical (unpaired) electrons. The summed E-state index contributed by atoms with van der Waals surface area (Å²) in [5.74, 6) is -0.415. The summed E-state index contributed by atoms with van der Waals surface area (Å²) in [6.45, 7) is 0. The topological polar surface area (TPSA) is 96.0 Å². The minimum Gasteiger partial charge on any atom is -0.306 e. The number of aromatic nitrogens is 2. The highest BCUT2D eigenvalue weighted by atomic mass is 32.2. The van der Waals surface area contributed by atoms with E-state index in [4.69, 9.17) is 9.81 Å². The molecule has 0 saturated carbocycles. The second kappa shape index (κ2) is 9.06. The van der Waals surface area contributed by atoms with Crippen LogP contribution in [0, 0.1) is 17.1 Å². The summed E-state index contributed by atoms with van der Waals surface area (Å²) in [4.78, 5) is 13.5. The number of nitriles is 1. The van der Waals surface area contributed by atoms with Crippen LogP contribution in [0.1, 0.15) is 11.1 Å². The maximum absolute atomic E-state index is 13.5. The van der Waals surface area contributed by atoms with E-state index in [9.17, 15) is 13.4 Å². The predicted octanol–water partition coefficient (Wildman–Crippen LogP) is 4.30. The highest BCUT2D eigenvalue weighted by Gasteiger charge is 2.16. The van der Waals surface area contributed by atoms with Gasteiger partial charge in [-0.3, -0.25) is 4.79 Å². The molecule has 0 aliphatic carbocycles. The van der Waals surface area contributed by atoms with Crippen molar-refractivity contribution < 1.29 is 13.2 Å². The van der Waals surface area contributed by atoms with Gasteiger partial charge in [0, 0.05) is 5.56 Å². The number of nitrogens with zero attached hydrogens (tertiary/aromatic N) is 3. The molecule has 6 nitrogen and oxygen atoms in total. The van der Waals surface area contributed by atoms with Gasteiger partial charge in [0.15, 0.2) is 11.1 Å². The molecule has 4 aromatic rings. The lowest BCUT2D eigenvalue weighted by molar-refractivity contribution is 0.563. The molecule has 4 rings (SSSR count). The fourth-order valence-electron chi connectivity index (χ4n) is 3.35. The molecular formula is C24H16FN3O3S. The van der Waals surface area contributed by atoms with Gasteiger partial charge in [-0.2, -0.15) is 15.0 Å². The second-order valence-corrected chi connectivity index (χ2v) is 7.91. The van der Waals surface area contributed by atoms with Crippen molar-refractivity contribution in [2.24, 2.45) is 0 Å². The number of hydrogen-bond acceptors (Lipinski definition) is 4. The normalized spacial score (nSPS) is 11.7. The van der Waals surface area contributed by atoms with E-state index >= 15 is 0 Å². The molecule has 0 bridgehead atoms. The third-order valence-electron chi connectivity index (χ3n) is 4.91. The van der Waals surface area contributed by atoms with Crippen molar-refractivity contribution >= 4 is 11.1 Å². The molecule has 1 atom stereocenters. The number of hydrogen-bond donors (Lipinski definition) is 1. The van der Waals surface area contributed by atoms with Crippen LogP contribution in [0.5, 0.6) is 0 Å². The Balaban J connectivity index is 1.89. The summed E-state index contributed by atoms with van der Waals surface area (Å²) < 4.78 is 34.9. The zero-order valence-corrected chi connectivity index (χ0v) is 17.4. The summed E-state index contributed by atoms with van der Waals surface area (Å²) in [5, 5.41) is 13.3. The van der Waals surface area contributed by atoms with Crippen LogP contribution in [0.4, 0.5) is 4.39 Å². The van der Waals surface area contributed by atoms with Crippen molar-refractivity contribution in [1.82, 2.24) is 9.78 Å². The molecule has 0 aliphatic heterocycles. The average molecular weight is 445 g/mol. The van der Waals surface area contributed by atoms with E-state index in [0.29, 0.717) is 39.1 Å². The molecule has 8 heteroatoms. The van der Waals surface area contributed by atoms with Crippen LogP contribution in [-0.2, 0) is 16.8 Å². The Kier molecular flexibility index (Phi) is 6.03. The molecule has 3 aromatic carbocycles. The first-order valence-electron chi connectivity index (χ1n) is 9.52. The molecule has 1 N–H and O–H groups in total. The zero-order chi connectivity index (χ0) is 22.7. The van der Waals surface area contributed by atoms with Crippen molar-refractivity contribution in [2.75, 3.05) is 0 Å². The van der Waals surface area contributed by atoms with Gasteiger partial charge in [-0.15, -0.1) is 0 Å². The van der Waals surface area contributed by atoms with E-state index in [2.05, 4.69) is 5.10 Å². The van der Waals surface area contributed by atoms with Gasteiger partial charge in [-0.1, -0.05) is 36.4 Å². The van der Waals surface area contributed by atoms with Crippen LogP contribution in [0.15, 0.2) is 83.8 Å². The van der Waals surface area contributed by atoms with Gasteiger partial charge in [0.2, 0.25) is 0 Å². The van der Waals surface area contributed by atoms with Crippen LogP contribution < -0.4 is 5.56 Å². The summed E-state index contributed by atoms with van der Waals surface area (Å²) in [7, 11) is 0. The SMILES string of the molecule is N#Cc1ccc(-n2ncc(-c3ccc(CS(=O)O)cc3)c(-c3ccc(F)cc3)c2=O)cc1. The van der Waals surface area contributed by atoms with Crippen LogP contribution in [0.25, 0.3) is 27.9 Å². The van der Waals surface area contributed by atoms with E-state index < -0.39 is 22.5 Å². The number of benzene rings is 3. The van der Waals surface area contributed by atoms with E-state index in [1.807, 2.05) is 6.07 Å². The molecule has 1 unspecified atom stereocenters. The molecule has 0 saturated heterocycles. The lowest BCUT2D eigenvalue weighted by Gasteiger charge is -2.13. The molecule has 1 aromatic heterocycles. The molecule has 0 aliphatic rings. The number of halogens is 1. The first-order valence-corrected chi connectivity index (χ1v) is 10.8. The minimum atomic E-state index is -1.96. The van der Waals surface area contributed by atoms with Crippen LogP contribution in [-0.4, -0.2) is 18.5 Å². The van der Waals surface area contributed by atoms with Crippen molar-refractivity contribution in [3.63, 3.8) is 0 Å². The Morgan fingerprint density at radius 2 is 1.59 bits per heavy atom. The maximum atomic E-state index is 13.5. The summed E-state index contributed by atoms with van der Waals surface area (Å²) in [6.07, 6.45) is 1.55. The molecular weight excluding hydrogens is 429 g/mol. The third-order valence-corrected chi connectivity index (χ3v) is 5.49. The highest BCUT2D eigenvalue weighted by molar-refractivity contribution is 7.78. The average Bonchev–Trinajstić information content (AvgIpc) is 2.80. The van der Waals surface area contributed by atoms with Gasteiger partial charge < -0.3 is 4.55 Å². The lowest BCUT2D eigenvalue weighted by atomic mass is 9.96. The van der Waals surface area contributed by atoms with Crippen LogP contribution in [0.2, 0.25) is 0 Å². The molecule has 0 spiro atoms. The van der Waals surface area contributed by atoms with Gasteiger partial charge in [-0.05, 0) is 53.1 Å². The Bertz CT molecular complexity index is 1390. The first kappa shape index (κ1) is 21.3. The van der Waals surface area contributed by atoms with Gasteiger partial charge >= 0.3 is 0 Å². The van der Waals surface area contributed by atoms with Crippen LogP contribution >= 0.6 is 0 Å². The minimum absolute atomic E-state index is 0.00361. The fraction of sp³-hybridized carbons (Fsp3) is 0.0417. The molecule has 1 heterocycles. The fourth-order valence-corrected chi connectivity index (χ4v) is 3.83. The zero-order valence-electron chi connectivity index (χ0n) is 16.6. The van der Waals surface area contributed by atoms with E-state index in [-0.39, 0.29) is 5.75 Å². The van der Waals surface area contributed by atoms with Gasteiger partial charge in [0.05, 0.1) is 34.8 Å². The molecule has 0 amide bonds. The van der Waals surface area contributed by atoms with E-state index in [1.54, 1.807) is 54.7 Å². The Morgan fingerprint density at radius 3 is 2.19 bits per heavy atom. The molecule has 32 heavy (non-hydrogen) atoms. The van der Waals surface area contributed by atoms with Crippen LogP contribution in [0.3, 0.4) is 0 Å². The lowest BCUT2D eigenvalue weighted by Crippen LogP contribution is -2.23. The van der Waals surface area contributed by atoms with E-state index in [1.165, 1.54) is 28.9 Å². The van der Waals surface area contributed by atoms with Crippen molar-refractivity contribution in [3.05, 3.63) is 106 Å². The largest absolute Gasteiger partial charge is 0.306 e. The quantitative estimate of drug-likeness (QED) is 0.462. The molecule has 158 valence electrons. The smallest absolute Gasteiger partial charge is 0.279 e. The molecule has 0 fully saturated rings. The Hall–Kier alpha value is -3.93. The van der Waals surface area contributed by atoms with Crippen molar-refractivity contribution in [3.8, 4) is 34.0 Å². The summed E-state index contributed by atoms with van der Waals surface area (Å²) in [5.41, 5.74) is 3.32.